The van der Waals surface area contributed by atoms with Crippen LogP contribution in [0.15, 0.2) is 49.6 Å². The summed E-state index contributed by atoms with van der Waals surface area (Å²) in [6, 6.07) is 7.69. The number of benzene rings is 1. The second-order valence-corrected chi connectivity index (χ2v) is 6.94. The minimum Gasteiger partial charge on any atom is -0.466 e. The lowest BCUT2D eigenvalue weighted by molar-refractivity contribution is -0.274. The van der Waals surface area contributed by atoms with Crippen molar-refractivity contribution in [3.8, 4) is 11.6 Å². The van der Waals surface area contributed by atoms with Crippen LogP contribution in [0.2, 0.25) is 0 Å². The van der Waals surface area contributed by atoms with Gasteiger partial charge < -0.3 is 14.4 Å². The van der Waals surface area contributed by atoms with E-state index in [-0.39, 0.29) is 12.4 Å². The molecule has 1 aromatic heterocycles. The van der Waals surface area contributed by atoms with Gasteiger partial charge in [-0.25, -0.2) is 13.8 Å². The van der Waals surface area contributed by atoms with Gasteiger partial charge in [-0.2, -0.15) is 0 Å². The summed E-state index contributed by atoms with van der Waals surface area (Å²) in [5.41, 5.74) is 0.611. The van der Waals surface area contributed by atoms with Crippen molar-refractivity contribution in [3.63, 3.8) is 0 Å². The number of nitrogens with zero attached hydrogens (tertiary/aromatic N) is 2. The Balaban J connectivity index is 1.83. The second-order valence-electron chi connectivity index (χ2n) is 6.94. The standard InChI is InChI=1S/C22H19F5N2O3/c1-3-14-9-10-19(28-16(14)4-2)31-18-13-29(12-11-21(18,23)24)20(30)15-7-5-6-8-17(15)32-22(25,26)27/h3-10,18H,1-2,11-13H2. The fourth-order valence-electron chi connectivity index (χ4n) is 3.22. The molecule has 1 aliphatic rings. The van der Waals surface area contributed by atoms with Gasteiger partial charge >= 0.3 is 6.36 Å². The Morgan fingerprint density at radius 2 is 1.88 bits per heavy atom. The van der Waals surface area contributed by atoms with Gasteiger partial charge in [0, 0.05) is 19.0 Å². The van der Waals surface area contributed by atoms with Gasteiger partial charge in [0.05, 0.1) is 17.8 Å². The summed E-state index contributed by atoms with van der Waals surface area (Å²) in [5.74, 6) is -4.98. The number of pyridine rings is 1. The molecular formula is C22H19F5N2O3. The monoisotopic (exact) mass is 454 g/mol. The summed E-state index contributed by atoms with van der Waals surface area (Å²) >= 11 is 0. The quantitative estimate of drug-likeness (QED) is 0.564. The molecule has 1 atom stereocenters. The molecule has 1 aliphatic heterocycles. The molecule has 1 amide bonds. The SMILES string of the molecule is C=Cc1ccc(OC2CN(C(=O)c3ccccc3OC(F)(F)F)CCC2(F)F)nc1C=C. The zero-order valence-electron chi connectivity index (χ0n) is 16.7. The summed E-state index contributed by atoms with van der Waals surface area (Å²) in [4.78, 5) is 18.0. The number of piperidine rings is 1. The number of hydrogen-bond donors (Lipinski definition) is 0. The first-order valence-electron chi connectivity index (χ1n) is 9.48. The largest absolute Gasteiger partial charge is 0.573 e. The van der Waals surface area contributed by atoms with E-state index in [1.807, 2.05) is 0 Å². The Morgan fingerprint density at radius 3 is 2.53 bits per heavy atom. The van der Waals surface area contributed by atoms with Crippen LogP contribution in [0, 0.1) is 0 Å². The Hall–Kier alpha value is -3.43. The average Bonchev–Trinajstić information content (AvgIpc) is 2.74. The molecule has 2 aromatic rings. The number of carbonyl (C=O) groups excluding carboxylic acids is 1. The molecule has 1 unspecified atom stereocenters. The van der Waals surface area contributed by atoms with Crippen molar-refractivity contribution in [1.82, 2.24) is 9.88 Å². The number of halogens is 5. The molecule has 0 spiro atoms. The van der Waals surface area contributed by atoms with Gasteiger partial charge in [0.25, 0.3) is 11.8 Å². The molecule has 3 rings (SSSR count). The third-order valence-electron chi connectivity index (χ3n) is 4.81. The van der Waals surface area contributed by atoms with Gasteiger partial charge in [0.2, 0.25) is 5.88 Å². The van der Waals surface area contributed by atoms with Crippen LogP contribution < -0.4 is 9.47 Å². The number of ether oxygens (including phenoxy) is 2. The molecule has 1 aromatic carbocycles. The van der Waals surface area contributed by atoms with Crippen LogP contribution in [-0.4, -0.2) is 47.3 Å². The zero-order chi connectivity index (χ0) is 23.5. The van der Waals surface area contributed by atoms with E-state index in [4.69, 9.17) is 4.74 Å². The maximum atomic E-state index is 14.5. The summed E-state index contributed by atoms with van der Waals surface area (Å²) in [7, 11) is 0. The van der Waals surface area contributed by atoms with Crippen LogP contribution >= 0.6 is 0 Å². The van der Waals surface area contributed by atoms with Gasteiger partial charge in [0.15, 0.2) is 6.10 Å². The lowest BCUT2D eigenvalue weighted by atomic mass is 10.0. The summed E-state index contributed by atoms with van der Waals surface area (Å²) in [6.07, 6.45) is -4.57. The van der Waals surface area contributed by atoms with E-state index in [1.165, 1.54) is 30.4 Å². The number of rotatable bonds is 6. The lowest BCUT2D eigenvalue weighted by Gasteiger charge is -2.38. The van der Waals surface area contributed by atoms with Crippen LogP contribution in [0.3, 0.4) is 0 Å². The first-order valence-corrected chi connectivity index (χ1v) is 9.48. The third-order valence-corrected chi connectivity index (χ3v) is 4.81. The number of amides is 1. The highest BCUT2D eigenvalue weighted by Crippen LogP contribution is 2.34. The molecular weight excluding hydrogens is 435 g/mol. The molecule has 5 nitrogen and oxygen atoms in total. The lowest BCUT2D eigenvalue weighted by Crippen LogP contribution is -2.55. The van der Waals surface area contributed by atoms with Gasteiger partial charge in [-0.3, -0.25) is 4.79 Å². The van der Waals surface area contributed by atoms with Gasteiger partial charge in [-0.05, 0) is 29.8 Å². The molecule has 1 fully saturated rings. The van der Waals surface area contributed by atoms with Crippen LogP contribution in [0.5, 0.6) is 11.6 Å². The molecule has 0 bridgehead atoms. The summed E-state index contributed by atoms with van der Waals surface area (Å²) in [6.45, 7) is 6.30. The molecule has 10 heteroatoms. The van der Waals surface area contributed by atoms with Crippen LogP contribution in [0.25, 0.3) is 12.2 Å². The normalized spacial score (nSPS) is 18.0. The fourth-order valence-corrected chi connectivity index (χ4v) is 3.22. The first-order chi connectivity index (χ1) is 15.0. The molecule has 0 radical (unpaired) electrons. The topological polar surface area (TPSA) is 51.7 Å². The number of likely N-dealkylation sites (tertiary alicyclic amines) is 1. The predicted octanol–water partition coefficient (Wildman–Crippen LogP) is 5.20. The second kappa shape index (κ2) is 8.97. The first kappa shape index (κ1) is 23.2. The van der Waals surface area contributed by atoms with E-state index in [1.54, 1.807) is 6.07 Å². The maximum absolute atomic E-state index is 14.5. The van der Waals surface area contributed by atoms with Gasteiger partial charge in [-0.1, -0.05) is 31.4 Å². The Morgan fingerprint density at radius 1 is 1.16 bits per heavy atom. The maximum Gasteiger partial charge on any atom is 0.573 e. The minimum atomic E-state index is -5.01. The molecule has 1 saturated heterocycles. The number of para-hydroxylation sites is 1. The van der Waals surface area contributed by atoms with Crippen molar-refractivity contribution < 1.29 is 36.2 Å². The van der Waals surface area contributed by atoms with E-state index in [9.17, 15) is 26.7 Å². The molecule has 0 saturated carbocycles. The van der Waals surface area contributed by atoms with Crippen LogP contribution in [-0.2, 0) is 0 Å². The molecule has 0 aliphatic carbocycles. The van der Waals surface area contributed by atoms with Crippen molar-refractivity contribution in [3.05, 3.63) is 66.4 Å². The summed E-state index contributed by atoms with van der Waals surface area (Å²) in [5, 5.41) is 0. The zero-order valence-corrected chi connectivity index (χ0v) is 16.7. The van der Waals surface area contributed by atoms with Crippen molar-refractivity contribution in [2.75, 3.05) is 13.1 Å². The van der Waals surface area contributed by atoms with Crippen molar-refractivity contribution in [1.29, 1.82) is 0 Å². The molecule has 2 heterocycles. The van der Waals surface area contributed by atoms with Gasteiger partial charge in [-0.15, -0.1) is 13.2 Å². The molecule has 32 heavy (non-hydrogen) atoms. The van der Waals surface area contributed by atoms with Crippen molar-refractivity contribution in [2.45, 2.75) is 24.8 Å². The number of aromatic nitrogens is 1. The molecule has 170 valence electrons. The average molecular weight is 454 g/mol. The number of carbonyl (C=O) groups is 1. The Bertz CT molecular complexity index is 1020. The van der Waals surface area contributed by atoms with E-state index in [2.05, 4.69) is 22.9 Å². The minimum absolute atomic E-state index is 0.106. The van der Waals surface area contributed by atoms with E-state index in [0.717, 1.165) is 17.0 Å². The highest BCUT2D eigenvalue weighted by Gasteiger charge is 2.47. The smallest absolute Gasteiger partial charge is 0.466 e. The Labute approximate surface area is 180 Å². The number of alkyl halides is 5. The van der Waals surface area contributed by atoms with Crippen molar-refractivity contribution >= 4 is 18.1 Å². The fraction of sp³-hybridized carbons (Fsp3) is 0.273. The van der Waals surface area contributed by atoms with Crippen LogP contribution in [0.4, 0.5) is 22.0 Å². The van der Waals surface area contributed by atoms with Gasteiger partial charge in [0.1, 0.15) is 5.75 Å². The Kier molecular flexibility index (Phi) is 6.52. The van der Waals surface area contributed by atoms with E-state index < -0.39 is 48.6 Å². The number of hydrogen-bond acceptors (Lipinski definition) is 4. The third kappa shape index (κ3) is 5.24. The van der Waals surface area contributed by atoms with E-state index >= 15 is 0 Å². The van der Waals surface area contributed by atoms with E-state index in [0.29, 0.717) is 11.3 Å². The molecule has 0 N–H and O–H groups in total. The van der Waals surface area contributed by atoms with Crippen LogP contribution in [0.1, 0.15) is 28.0 Å². The summed E-state index contributed by atoms with van der Waals surface area (Å²) < 4.78 is 76.3. The van der Waals surface area contributed by atoms with Crippen molar-refractivity contribution in [2.24, 2.45) is 0 Å². The highest BCUT2D eigenvalue weighted by atomic mass is 19.4. The highest BCUT2D eigenvalue weighted by molar-refractivity contribution is 5.97. The predicted molar refractivity (Wildman–Crippen MR) is 107 cm³/mol.